The molecule has 1 aromatic heterocycles. The maximum Gasteiger partial charge on any atom is 0.0483 e. The van der Waals surface area contributed by atoms with E-state index in [9.17, 15) is 4.21 Å². The molecule has 0 amide bonds. The van der Waals surface area contributed by atoms with Gasteiger partial charge in [0.2, 0.25) is 0 Å². The second-order valence-corrected chi connectivity index (χ2v) is 7.37. The van der Waals surface area contributed by atoms with Crippen LogP contribution in [-0.2, 0) is 23.1 Å². The molecule has 0 saturated carbocycles. The predicted octanol–water partition coefficient (Wildman–Crippen LogP) is 4.39. The van der Waals surface area contributed by atoms with Crippen molar-refractivity contribution >= 4 is 37.9 Å². The predicted molar refractivity (Wildman–Crippen MR) is 93.4 cm³/mol. The molecule has 0 aliphatic heterocycles. The quantitative estimate of drug-likeness (QED) is 0.756. The molecule has 21 heavy (non-hydrogen) atoms. The van der Waals surface area contributed by atoms with Crippen LogP contribution in [0, 0.1) is 0 Å². The molecule has 108 valence electrons. The summed E-state index contributed by atoms with van der Waals surface area (Å²) in [5, 5.41) is 6.99. The monoisotopic (exact) mass is 315 g/mol. The number of benzene rings is 2. The normalized spacial score (nSPS) is 12.4. The number of rotatable bonds is 5. The van der Waals surface area contributed by atoms with Crippen LogP contribution in [0.2, 0.25) is 0 Å². The molecule has 3 rings (SSSR count). The van der Waals surface area contributed by atoms with E-state index in [4.69, 9.17) is 0 Å². The molecule has 3 aromatic rings. The molecule has 2 nitrogen and oxygen atoms in total. The third-order valence-corrected chi connectivity index (χ3v) is 5.09. The van der Waals surface area contributed by atoms with Gasteiger partial charge in [0.25, 0.3) is 0 Å². The third-order valence-electron chi connectivity index (χ3n) is 3.34. The summed E-state index contributed by atoms with van der Waals surface area (Å²) < 4.78 is 12.6. The lowest BCUT2D eigenvalue weighted by molar-refractivity contribution is 0.686. The fourth-order valence-electron chi connectivity index (χ4n) is 2.37. The smallest absolute Gasteiger partial charge is 0.0483 e. The Hall–Kier alpha value is -1.65. The molecule has 0 aliphatic rings. The van der Waals surface area contributed by atoms with Gasteiger partial charge in [0.15, 0.2) is 0 Å². The number of hydrogen-bond donors (Lipinski definition) is 1. The first-order chi connectivity index (χ1) is 10.2. The Morgan fingerprint density at radius 1 is 1.14 bits per heavy atom. The highest BCUT2D eigenvalue weighted by molar-refractivity contribution is 7.83. The van der Waals surface area contributed by atoms with Crippen molar-refractivity contribution in [2.45, 2.75) is 12.3 Å². The van der Waals surface area contributed by atoms with E-state index in [0.717, 1.165) is 17.8 Å². The molecule has 0 saturated heterocycles. The van der Waals surface area contributed by atoms with Gasteiger partial charge in [0.1, 0.15) is 0 Å². The van der Waals surface area contributed by atoms with Crippen LogP contribution in [0.5, 0.6) is 0 Å². The molecule has 1 heterocycles. The second-order valence-electron chi connectivity index (χ2n) is 5.03. The van der Waals surface area contributed by atoms with Crippen LogP contribution in [-0.4, -0.2) is 10.5 Å². The van der Waals surface area contributed by atoms with Gasteiger partial charge < -0.3 is 5.32 Å². The SMILES string of the molecule is CS(=O)Cc1cccc(NCc2csc3ccccc23)c1. The summed E-state index contributed by atoms with van der Waals surface area (Å²) in [5.74, 6) is 0.608. The summed E-state index contributed by atoms with van der Waals surface area (Å²) in [7, 11) is -0.803. The summed E-state index contributed by atoms with van der Waals surface area (Å²) >= 11 is 1.78. The minimum atomic E-state index is -0.803. The molecule has 2 aromatic carbocycles. The molecule has 0 bridgehead atoms. The Balaban J connectivity index is 1.74. The first-order valence-electron chi connectivity index (χ1n) is 6.80. The van der Waals surface area contributed by atoms with Crippen molar-refractivity contribution in [3.8, 4) is 0 Å². The fourth-order valence-corrected chi connectivity index (χ4v) is 3.98. The highest BCUT2D eigenvalue weighted by Gasteiger charge is 2.03. The van der Waals surface area contributed by atoms with Crippen molar-refractivity contribution in [2.75, 3.05) is 11.6 Å². The number of fused-ring (bicyclic) bond motifs is 1. The van der Waals surface area contributed by atoms with Gasteiger partial charge in [-0.3, -0.25) is 4.21 Å². The van der Waals surface area contributed by atoms with Gasteiger partial charge in [-0.2, -0.15) is 0 Å². The summed E-state index contributed by atoms with van der Waals surface area (Å²) in [6, 6.07) is 16.6. The van der Waals surface area contributed by atoms with Gasteiger partial charge in [-0.25, -0.2) is 0 Å². The summed E-state index contributed by atoms with van der Waals surface area (Å²) in [6.07, 6.45) is 1.73. The molecule has 4 heteroatoms. The van der Waals surface area contributed by atoms with Crippen LogP contribution in [0.4, 0.5) is 5.69 Å². The van der Waals surface area contributed by atoms with Gasteiger partial charge in [-0.1, -0.05) is 30.3 Å². The molecule has 0 radical (unpaired) electrons. The standard InChI is InChI=1S/C17H17NOS2/c1-21(19)12-13-5-4-6-15(9-13)18-10-14-11-20-17-8-3-2-7-16(14)17/h2-9,11,18H,10,12H2,1H3. The lowest BCUT2D eigenvalue weighted by Gasteiger charge is -2.07. The maximum absolute atomic E-state index is 11.3. The second kappa shape index (κ2) is 6.41. The van der Waals surface area contributed by atoms with Crippen LogP contribution in [0.3, 0.4) is 0 Å². The number of hydrogen-bond acceptors (Lipinski definition) is 3. The van der Waals surface area contributed by atoms with Crippen molar-refractivity contribution in [1.29, 1.82) is 0 Å². The summed E-state index contributed by atoms with van der Waals surface area (Å²) in [5.41, 5.74) is 3.50. The zero-order valence-electron chi connectivity index (χ0n) is 11.8. The van der Waals surface area contributed by atoms with E-state index in [-0.39, 0.29) is 0 Å². The van der Waals surface area contributed by atoms with E-state index in [1.807, 2.05) is 12.1 Å². The van der Waals surface area contributed by atoms with Crippen LogP contribution >= 0.6 is 11.3 Å². The summed E-state index contributed by atoms with van der Waals surface area (Å²) in [4.78, 5) is 0. The van der Waals surface area contributed by atoms with Crippen LogP contribution < -0.4 is 5.32 Å². The van der Waals surface area contributed by atoms with Gasteiger partial charge in [-0.15, -0.1) is 11.3 Å². The van der Waals surface area contributed by atoms with Crippen molar-refractivity contribution in [1.82, 2.24) is 0 Å². The Morgan fingerprint density at radius 3 is 2.86 bits per heavy atom. The van der Waals surface area contributed by atoms with Gasteiger partial charge in [-0.05, 0) is 40.1 Å². The minimum Gasteiger partial charge on any atom is -0.381 e. The lowest BCUT2D eigenvalue weighted by atomic mass is 10.1. The third kappa shape index (κ3) is 3.52. The van der Waals surface area contributed by atoms with Crippen molar-refractivity contribution in [2.24, 2.45) is 0 Å². The van der Waals surface area contributed by atoms with Gasteiger partial charge in [0, 0.05) is 39.7 Å². The molecule has 0 aliphatic carbocycles. The molecule has 1 N–H and O–H groups in total. The molecular weight excluding hydrogens is 298 g/mol. The number of nitrogens with one attached hydrogen (secondary N) is 1. The fraction of sp³-hybridized carbons (Fsp3) is 0.176. The van der Waals surface area contributed by atoms with E-state index in [2.05, 4.69) is 47.1 Å². The highest BCUT2D eigenvalue weighted by atomic mass is 32.2. The van der Waals surface area contributed by atoms with Crippen LogP contribution in [0.15, 0.2) is 53.9 Å². The average molecular weight is 315 g/mol. The van der Waals surface area contributed by atoms with Crippen LogP contribution in [0.25, 0.3) is 10.1 Å². The van der Waals surface area contributed by atoms with E-state index in [1.165, 1.54) is 15.6 Å². The first-order valence-corrected chi connectivity index (χ1v) is 9.41. The lowest BCUT2D eigenvalue weighted by Crippen LogP contribution is -2.00. The first kappa shape index (κ1) is 14.3. The molecule has 0 fully saturated rings. The Morgan fingerprint density at radius 2 is 2.00 bits per heavy atom. The molecule has 1 unspecified atom stereocenters. The van der Waals surface area contributed by atoms with Gasteiger partial charge in [0.05, 0.1) is 0 Å². The van der Waals surface area contributed by atoms with Gasteiger partial charge >= 0.3 is 0 Å². The minimum absolute atomic E-state index is 0.608. The number of anilines is 1. The zero-order valence-corrected chi connectivity index (χ0v) is 13.5. The van der Waals surface area contributed by atoms with Crippen LogP contribution in [0.1, 0.15) is 11.1 Å². The topological polar surface area (TPSA) is 29.1 Å². The van der Waals surface area contributed by atoms with Crippen molar-refractivity contribution in [3.63, 3.8) is 0 Å². The average Bonchev–Trinajstić information content (AvgIpc) is 2.88. The Bertz CT molecular complexity index is 779. The molecule has 0 spiro atoms. The summed E-state index contributed by atoms with van der Waals surface area (Å²) in [6.45, 7) is 0.808. The largest absolute Gasteiger partial charge is 0.381 e. The van der Waals surface area contributed by atoms with Crippen molar-refractivity contribution in [3.05, 3.63) is 65.0 Å². The molecule has 1 atom stereocenters. The van der Waals surface area contributed by atoms with E-state index in [1.54, 1.807) is 17.6 Å². The van der Waals surface area contributed by atoms with E-state index >= 15 is 0 Å². The Labute approximate surface area is 131 Å². The van der Waals surface area contributed by atoms with E-state index in [0.29, 0.717) is 5.75 Å². The zero-order chi connectivity index (χ0) is 14.7. The molecular formula is C17H17NOS2. The Kier molecular flexibility index (Phi) is 4.36. The highest BCUT2D eigenvalue weighted by Crippen LogP contribution is 2.26. The van der Waals surface area contributed by atoms with E-state index < -0.39 is 10.8 Å². The van der Waals surface area contributed by atoms with Crippen molar-refractivity contribution < 1.29 is 4.21 Å². The number of thiophene rings is 1. The maximum atomic E-state index is 11.3.